The number of amidine groups is 1. The largest absolute Gasteiger partial charge is 0.409 e. The van der Waals surface area contributed by atoms with E-state index in [1.165, 1.54) is 11.8 Å². The Morgan fingerprint density at radius 3 is 2.73 bits per heavy atom. The Labute approximate surface area is 92.8 Å². The zero-order chi connectivity index (χ0) is 11.5. The summed E-state index contributed by atoms with van der Waals surface area (Å²) in [6.45, 7) is 6.20. The molecular formula is C9H14N4OS. The first-order valence-corrected chi connectivity index (χ1v) is 5.24. The van der Waals surface area contributed by atoms with Crippen LogP contribution in [0.15, 0.2) is 22.6 Å². The van der Waals surface area contributed by atoms with Gasteiger partial charge in [0.2, 0.25) is 0 Å². The van der Waals surface area contributed by atoms with E-state index in [0.717, 1.165) is 0 Å². The standard InChI is InChI=1S/C9H14N4OS/c1-9(2,3)15-8-11-5-4-6(12-8)7(10)13-14/h4-5,14H,1-3H3,(H2,10,13). The number of nitrogens with two attached hydrogens (primary N) is 1. The third-order valence-corrected chi connectivity index (χ3v) is 2.39. The first kappa shape index (κ1) is 11.8. The summed E-state index contributed by atoms with van der Waals surface area (Å²) < 4.78 is 0.0315. The molecule has 3 N–H and O–H groups in total. The fourth-order valence-corrected chi connectivity index (χ4v) is 1.66. The van der Waals surface area contributed by atoms with Crippen molar-refractivity contribution in [3.63, 3.8) is 0 Å². The lowest BCUT2D eigenvalue weighted by atomic mass is 10.3. The molecule has 0 saturated heterocycles. The minimum absolute atomic E-state index is 0.00633. The molecule has 0 saturated carbocycles. The maximum Gasteiger partial charge on any atom is 0.188 e. The third-order valence-electron chi connectivity index (χ3n) is 1.40. The molecule has 82 valence electrons. The number of rotatable bonds is 2. The molecule has 1 rings (SSSR count). The predicted octanol–water partition coefficient (Wildman–Crippen LogP) is 1.46. The SMILES string of the molecule is CC(C)(C)Sc1nccc(/C(N)=N/O)n1. The highest BCUT2D eigenvalue weighted by Crippen LogP contribution is 2.28. The molecule has 0 aromatic carbocycles. The van der Waals surface area contributed by atoms with Crippen molar-refractivity contribution in [2.45, 2.75) is 30.7 Å². The molecule has 0 aliphatic carbocycles. The molecule has 0 atom stereocenters. The van der Waals surface area contributed by atoms with Crippen LogP contribution in [0.5, 0.6) is 0 Å². The van der Waals surface area contributed by atoms with E-state index < -0.39 is 0 Å². The number of nitrogens with zero attached hydrogens (tertiary/aromatic N) is 3. The lowest BCUT2D eigenvalue weighted by molar-refractivity contribution is 0.318. The summed E-state index contributed by atoms with van der Waals surface area (Å²) in [5.41, 5.74) is 5.86. The van der Waals surface area contributed by atoms with Crippen molar-refractivity contribution in [3.05, 3.63) is 18.0 Å². The van der Waals surface area contributed by atoms with Gasteiger partial charge in [-0.1, -0.05) is 37.7 Å². The molecule has 15 heavy (non-hydrogen) atoms. The lowest BCUT2D eigenvalue weighted by Gasteiger charge is -2.15. The first-order valence-electron chi connectivity index (χ1n) is 4.42. The predicted molar refractivity (Wildman–Crippen MR) is 60.2 cm³/mol. The molecule has 0 radical (unpaired) electrons. The van der Waals surface area contributed by atoms with Crippen LogP contribution in [-0.2, 0) is 0 Å². The molecule has 0 bridgehead atoms. The molecule has 5 nitrogen and oxygen atoms in total. The Balaban J connectivity index is 2.93. The summed E-state index contributed by atoms with van der Waals surface area (Å²) in [4.78, 5) is 8.27. The Morgan fingerprint density at radius 1 is 1.53 bits per heavy atom. The normalized spacial score (nSPS) is 12.9. The monoisotopic (exact) mass is 226 g/mol. The Kier molecular flexibility index (Phi) is 3.52. The fourth-order valence-electron chi connectivity index (χ4n) is 0.858. The van der Waals surface area contributed by atoms with Crippen LogP contribution < -0.4 is 5.73 Å². The number of hydrogen-bond donors (Lipinski definition) is 2. The summed E-state index contributed by atoms with van der Waals surface area (Å²) in [5.74, 6) is -0.00633. The minimum Gasteiger partial charge on any atom is -0.409 e. The highest BCUT2D eigenvalue weighted by atomic mass is 32.2. The molecule has 1 aromatic rings. The summed E-state index contributed by atoms with van der Waals surface area (Å²) in [6.07, 6.45) is 1.59. The average molecular weight is 226 g/mol. The van der Waals surface area contributed by atoms with Gasteiger partial charge in [-0.05, 0) is 6.07 Å². The highest BCUT2D eigenvalue weighted by molar-refractivity contribution is 8.00. The second-order valence-corrected chi connectivity index (χ2v) is 5.72. The molecule has 0 fully saturated rings. The molecule has 1 aromatic heterocycles. The van der Waals surface area contributed by atoms with Crippen LogP contribution in [0, 0.1) is 0 Å². The molecule has 0 unspecified atom stereocenters. The van der Waals surface area contributed by atoms with Crippen LogP contribution in [0.4, 0.5) is 0 Å². The van der Waals surface area contributed by atoms with Crippen molar-refractivity contribution in [1.29, 1.82) is 0 Å². The van der Waals surface area contributed by atoms with Crippen molar-refractivity contribution >= 4 is 17.6 Å². The van der Waals surface area contributed by atoms with Gasteiger partial charge in [-0.15, -0.1) is 0 Å². The van der Waals surface area contributed by atoms with E-state index in [-0.39, 0.29) is 10.6 Å². The van der Waals surface area contributed by atoms with Crippen molar-refractivity contribution in [1.82, 2.24) is 9.97 Å². The van der Waals surface area contributed by atoms with Gasteiger partial charge in [-0.2, -0.15) is 0 Å². The van der Waals surface area contributed by atoms with Crippen molar-refractivity contribution in [2.24, 2.45) is 10.9 Å². The van der Waals surface area contributed by atoms with Gasteiger partial charge in [0.15, 0.2) is 11.0 Å². The summed E-state index contributed by atoms with van der Waals surface area (Å²) >= 11 is 1.53. The smallest absolute Gasteiger partial charge is 0.188 e. The van der Waals surface area contributed by atoms with Gasteiger partial charge in [0, 0.05) is 10.9 Å². The van der Waals surface area contributed by atoms with Crippen LogP contribution in [0.1, 0.15) is 26.5 Å². The van der Waals surface area contributed by atoms with E-state index in [1.807, 2.05) is 0 Å². The number of aromatic nitrogens is 2. The average Bonchev–Trinajstić information content (AvgIpc) is 2.14. The first-order chi connectivity index (χ1) is 6.92. The van der Waals surface area contributed by atoms with Gasteiger partial charge in [-0.25, -0.2) is 9.97 Å². The van der Waals surface area contributed by atoms with E-state index in [0.29, 0.717) is 10.9 Å². The van der Waals surface area contributed by atoms with E-state index in [4.69, 9.17) is 10.9 Å². The van der Waals surface area contributed by atoms with Crippen molar-refractivity contribution in [2.75, 3.05) is 0 Å². The zero-order valence-electron chi connectivity index (χ0n) is 8.93. The van der Waals surface area contributed by atoms with E-state index >= 15 is 0 Å². The fraction of sp³-hybridized carbons (Fsp3) is 0.444. The van der Waals surface area contributed by atoms with E-state index in [2.05, 4.69) is 35.9 Å². The zero-order valence-corrected chi connectivity index (χ0v) is 9.75. The molecular weight excluding hydrogens is 212 g/mol. The molecule has 0 amide bonds. The molecule has 6 heteroatoms. The number of hydrogen-bond acceptors (Lipinski definition) is 5. The summed E-state index contributed by atoms with van der Waals surface area (Å²) in [6, 6.07) is 1.60. The van der Waals surface area contributed by atoms with Gasteiger partial charge in [0.1, 0.15) is 5.69 Å². The van der Waals surface area contributed by atoms with Gasteiger partial charge in [0.05, 0.1) is 0 Å². The van der Waals surface area contributed by atoms with Gasteiger partial charge in [0.25, 0.3) is 0 Å². The van der Waals surface area contributed by atoms with Crippen LogP contribution >= 0.6 is 11.8 Å². The Bertz CT molecular complexity index is 373. The maximum atomic E-state index is 8.51. The lowest BCUT2D eigenvalue weighted by Crippen LogP contribution is -2.16. The third kappa shape index (κ3) is 3.75. The number of oxime groups is 1. The second-order valence-electron chi connectivity index (χ2n) is 3.92. The number of thioether (sulfide) groups is 1. The Morgan fingerprint density at radius 2 is 2.20 bits per heavy atom. The van der Waals surface area contributed by atoms with Gasteiger partial charge >= 0.3 is 0 Å². The van der Waals surface area contributed by atoms with Crippen LogP contribution in [0.2, 0.25) is 0 Å². The van der Waals surface area contributed by atoms with E-state index in [9.17, 15) is 0 Å². The molecule has 0 spiro atoms. The van der Waals surface area contributed by atoms with Gasteiger partial charge < -0.3 is 10.9 Å². The van der Waals surface area contributed by atoms with Crippen LogP contribution in [-0.4, -0.2) is 25.8 Å². The Hall–Kier alpha value is -1.30. The van der Waals surface area contributed by atoms with Crippen molar-refractivity contribution in [3.8, 4) is 0 Å². The molecule has 0 aliphatic heterocycles. The van der Waals surface area contributed by atoms with Crippen LogP contribution in [0.25, 0.3) is 0 Å². The van der Waals surface area contributed by atoms with Crippen molar-refractivity contribution < 1.29 is 5.21 Å². The maximum absolute atomic E-state index is 8.51. The minimum atomic E-state index is -0.00633. The second kappa shape index (κ2) is 4.48. The summed E-state index contributed by atoms with van der Waals surface area (Å²) in [5, 5.41) is 12.0. The quantitative estimate of drug-likeness (QED) is 0.199. The topological polar surface area (TPSA) is 84.4 Å². The van der Waals surface area contributed by atoms with Crippen LogP contribution in [0.3, 0.4) is 0 Å². The molecule has 0 aliphatic rings. The highest BCUT2D eigenvalue weighted by Gasteiger charge is 2.14. The summed E-state index contributed by atoms with van der Waals surface area (Å²) in [7, 11) is 0. The van der Waals surface area contributed by atoms with E-state index in [1.54, 1.807) is 12.3 Å². The van der Waals surface area contributed by atoms with Gasteiger partial charge in [-0.3, -0.25) is 0 Å². The molecule has 1 heterocycles.